The maximum atomic E-state index is 11.6. The highest BCUT2D eigenvalue weighted by atomic mass is 35.5. The second-order valence-corrected chi connectivity index (χ2v) is 5.31. The maximum absolute atomic E-state index is 11.6. The molecule has 0 fully saturated rings. The summed E-state index contributed by atoms with van der Waals surface area (Å²) in [5.41, 5.74) is 2.14. The van der Waals surface area contributed by atoms with Gasteiger partial charge in [-0.1, -0.05) is 35.9 Å². The third-order valence-corrected chi connectivity index (χ3v) is 3.74. The van der Waals surface area contributed by atoms with Crippen LogP contribution in [0.5, 0.6) is 0 Å². The molecule has 4 heteroatoms. The molecule has 0 spiro atoms. The Labute approximate surface area is 130 Å². The largest absolute Gasteiger partial charge is 0.345 e. The predicted octanol–water partition coefficient (Wildman–Crippen LogP) is 3.72. The van der Waals surface area contributed by atoms with Crippen LogP contribution in [0.15, 0.2) is 55.3 Å². The lowest BCUT2D eigenvalue weighted by Gasteiger charge is -2.20. The second-order valence-electron chi connectivity index (χ2n) is 4.91. The van der Waals surface area contributed by atoms with E-state index in [1.165, 1.54) is 0 Å². The molecule has 2 aromatic rings. The number of halogens is 1. The van der Waals surface area contributed by atoms with Crippen LogP contribution in [0.25, 0.3) is 0 Å². The van der Waals surface area contributed by atoms with Crippen molar-refractivity contribution < 1.29 is 4.79 Å². The molecule has 0 atom stereocenters. The topological polar surface area (TPSA) is 25.2 Å². The lowest BCUT2D eigenvalue weighted by Crippen LogP contribution is -2.29. The summed E-state index contributed by atoms with van der Waals surface area (Å²) in [7, 11) is 0. The second kappa shape index (κ2) is 7.14. The van der Waals surface area contributed by atoms with Crippen LogP contribution in [0, 0.1) is 0 Å². The van der Waals surface area contributed by atoms with E-state index in [4.69, 9.17) is 11.6 Å². The minimum absolute atomic E-state index is 0.0420. The van der Waals surface area contributed by atoms with E-state index in [-0.39, 0.29) is 5.91 Å². The normalized spacial score (nSPS) is 10.4. The molecule has 2 rings (SSSR count). The number of carbonyl (C=O) groups excluding carboxylic acids is 1. The average Bonchev–Trinajstić information content (AvgIpc) is 2.88. The van der Waals surface area contributed by atoms with Gasteiger partial charge in [-0.15, -0.1) is 6.58 Å². The van der Waals surface area contributed by atoms with Crippen molar-refractivity contribution in [2.45, 2.75) is 20.0 Å². The van der Waals surface area contributed by atoms with E-state index in [2.05, 4.69) is 11.1 Å². The summed E-state index contributed by atoms with van der Waals surface area (Å²) in [5.74, 6) is 0.0420. The van der Waals surface area contributed by atoms with E-state index in [9.17, 15) is 4.79 Å². The van der Waals surface area contributed by atoms with Crippen LogP contribution < -0.4 is 0 Å². The fourth-order valence-electron chi connectivity index (χ4n) is 2.21. The highest BCUT2D eigenvalue weighted by Gasteiger charge is 2.11. The predicted molar refractivity (Wildman–Crippen MR) is 86.3 cm³/mol. The summed E-state index contributed by atoms with van der Waals surface area (Å²) < 4.78 is 2.11. The molecule has 0 aliphatic rings. The van der Waals surface area contributed by atoms with Crippen molar-refractivity contribution in [3.05, 3.63) is 71.5 Å². The minimum atomic E-state index is 0.0420. The molecule has 0 unspecified atom stereocenters. The van der Waals surface area contributed by atoms with Crippen molar-refractivity contribution in [2.75, 3.05) is 6.54 Å². The van der Waals surface area contributed by atoms with Gasteiger partial charge in [0.15, 0.2) is 0 Å². The fourth-order valence-corrected chi connectivity index (χ4v) is 2.41. The van der Waals surface area contributed by atoms with E-state index in [1.54, 1.807) is 17.9 Å². The van der Waals surface area contributed by atoms with Gasteiger partial charge in [-0.05, 0) is 23.8 Å². The van der Waals surface area contributed by atoms with E-state index >= 15 is 0 Å². The summed E-state index contributed by atoms with van der Waals surface area (Å²) in [6, 6.07) is 11.8. The number of carbonyl (C=O) groups is 1. The number of rotatable bonds is 6. The van der Waals surface area contributed by atoms with Crippen molar-refractivity contribution in [2.24, 2.45) is 0 Å². The molecule has 0 saturated heterocycles. The van der Waals surface area contributed by atoms with E-state index in [0.717, 1.165) is 16.3 Å². The fraction of sp³-hybridized carbons (Fsp3) is 0.235. The van der Waals surface area contributed by atoms with Gasteiger partial charge in [-0.3, -0.25) is 4.79 Å². The number of hydrogen-bond acceptors (Lipinski definition) is 1. The van der Waals surface area contributed by atoms with Gasteiger partial charge in [-0.2, -0.15) is 0 Å². The van der Waals surface area contributed by atoms with Crippen molar-refractivity contribution in [1.82, 2.24) is 9.47 Å². The summed E-state index contributed by atoms with van der Waals surface area (Å²) in [6.45, 7) is 7.08. The first-order valence-electron chi connectivity index (χ1n) is 6.85. The molecule has 1 aromatic heterocycles. The average molecular weight is 303 g/mol. The first-order valence-corrected chi connectivity index (χ1v) is 7.23. The molecule has 0 radical (unpaired) electrons. The van der Waals surface area contributed by atoms with Crippen LogP contribution in [-0.4, -0.2) is 21.9 Å². The van der Waals surface area contributed by atoms with E-state index < -0.39 is 0 Å². The molecular weight excluding hydrogens is 284 g/mol. The third-order valence-electron chi connectivity index (χ3n) is 3.37. The van der Waals surface area contributed by atoms with Crippen molar-refractivity contribution in [3.63, 3.8) is 0 Å². The number of amides is 1. The van der Waals surface area contributed by atoms with Crippen molar-refractivity contribution in [3.8, 4) is 0 Å². The molecule has 110 valence electrons. The van der Waals surface area contributed by atoms with Crippen LogP contribution >= 0.6 is 11.6 Å². The lowest BCUT2D eigenvalue weighted by molar-refractivity contribution is -0.128. The van der Waals surface area contributed by atoms with Crippen LogP contribution in [0.1, 0.15) is 18.2 Å². The van der Waals surface area contributed by atoms with Crippen LogP contribution in [0.3, 0.4) is 0 Å². The molecular formula is C17H19ClN2O. The summed E-state index contributed by atoms with van der Waals surface area (Å²) in [6.07, 6.45) is 3.74. The first-order chi connectivity index (χ1) is 10.1. The third kappa shape index (κ3) is 3.99. The number of nitrogens with zero attached hydrogens (tertiary/aromatic N) is 2. The Kier molecular flexibility index (Phi) is 5.23. The molecule has 0 N–H and O–H groups in total. The Morgan fingerprint density at radius 2 is 2.10 bits per heavy atom. The minimum Gasteiger partial charge on any atom is -0.345 e. The SMILES string of the molecule is C=CCN(Cc1cccn1Cc1ccccc1Cl)C(C)=O. The first kappa shape index (κ1) is 15.4. The highest BCUT2D eigenvalue weighted by Crippen LogP contribution is 2.18. The molecule has 0 aliphatic heterocycles. The standard InChI is InChI=1S/C17H19ClN2O/c1-3-10-19(14(2)21)13-16-8-6-11-20(16)12-15-7-4-5-9-17(15)18/h3-9,11H,1,10,12-13H2,2H3. The summed E-state index contributed by atoms with van der Waals surface area (Å²) in [5, 5.41) is 0.756. The van der Waals surface area contributed by atoms with Gasteiger partial charge in [0.1, 0.15) is 0 Å². The van der Waals surface area contributed by atoms with Crippen molar-refractivity contribution in [1.29, 1.82) is 0 Å². The molecule has 3 nitrogen and oxygen atoms in total. The zero-order valence-corrected chi connectivity index (χ0v) is 12.9. The van der Waals surface area contributed by atoms with Gasteiger partial charge in [0, 0.05) is 36.9 Å². The van der Waals surface area contributed by atoms with Crippen LogP contribution in [0.2, 0.25) is 5.02 Å². The van der Waals surface area contributed by atoms with E-state index in [1.807, 2.05) is 42.6 Å². The highest BCUT2D eigenvalue weighted by molar-refractivity contribution is 6.31. The Morgan fingerprint density at radius 3 is 2.76 bits per heavy atom. The van der Waals surface area contributed by atoms with E-state index in [0.29, 0.717) is 19.6 Å². The van der Waals surface area contributed by atoms with Crippen LogP contribution in [-0.2, 0) is 17.9 Å². The zero-order chi connectivity index (χ0) is 15.2. The molecule has 1 heterocycles. The number of hydrogen-bond donors (Lipinski definition) is 0. The molecule has 21 heavy (non-hydrogen) atoms. The summed E-state index contributed by atoms with van der Waals surface area (Å²) in [4.78, 5) is 13.4. The smallest absolute Gasteiger partial charge is 0.220 e. The zero-order valence-electron chi connectivity index (χ0n) is 12.1. The quantitative estimate of drug-likeness (QED) is 0.747. The Bertz CT molecular complexity index is 633. The molecule has 0 bridgehead atoms. The van der Waals surface area contributed by atoms with Gasteiger partial charge in [0.25, 0.3) is 0 Å². The van der Waals surface area contributed by atoms with Crippen molar-refractivity contribution >= 4 is 17.5 Å². The summed E-state index contributed by atoms with van der Waals surface area (Å²) >= 11 is 6.21. The van der Waals surface area contributed by atoms with Gasteiger partial charge in [0.05, 0.1) is 6.54 Å². The van der Waals surface area contributed by atoms with Gasteiger partial charge in [-0.25, -0.2) is 0 Å². The lowest BCUT2D eigenvalue weighted by atomic mass is 10.2. The molecule has 0 aliphatic carbocycles. The maximum Gasteiger partial charge on any atom is 0.220 e. The Morgan fingerprint density at radius 1 is 1.33 bits per heavy atom. The van der Waals surface area contributed by atoms with Crippen LogP contribution in [0.4, 0.5) is 0 Å². The Balaban J connectivity index is 2.17. The van der Waals surface area contributed by atoms with Gasteiger partial charge >= 0.3 is 0 Å². The Hall–Kier alpha value is -2.00. The molecule has 1 amide bonds. The van der Waals surface area contributed by atoms with Gasteiger partial charge in [0.2, 0.25) is 5.91 Å². The molecule has 0 saturated carbocycles. The monoisotopic (exact) mass is 302 g/mol. The van der Waals surface area contributed by atoms with Gasteiger partial charge < -0.3 is 9.47 Å². The molecule has 1 aromatic carbocycles. The number of aromatic nitrogens is 1. The number of benzene rings is 1.